The minimum absolute atomic E-state index is 0.221. The van der Waals surface area contributed by atoms with Crippen LogP contribution in [0.2, 0.25) is 5.02 Å². The number of halogens is 1. The quantitative estimate of drug-likeness (QED) is 0.892. The number of nitrogens with one attached hydrogen (secondary N) is 2. The molecule has 0 bridgehead atoms. The maximum Gasteiger partial charge on any atom is 0.264 e. The summed E-state index contributed by atoms with van der Waals surface area (Å²) < 4.78 is 5.74. The van der Waals surface area contributed by atoms with Crippen LogP contribution in [-0.2, 0) is 4.79 Å². The van der Waals surface area contributed by atoms with Gasteiger partial charge in [0.05, 0.1) is 6.04 Å². The van der Waals surface area contributed by atoms with Gasteiger partial charge < -0.3 is 15.0 Å². The Morgan fingerprint density at radius 2 is 2.05 bits per heavy atom. The van der Waals surface area contributed by atoms with Crippen LogP contribution in [-0.4, -0.2) is 21.5 Å². The summed E-state index contributed by atoms with van der Waals surface area (Å²) in [6.07, 6.45) is 3.36. The molecule has 0 saturated heterocycles. The normalized spacial score (nSPS) is 12.8. The lowest BCUT2D eigenvalue weighted by Gasteiger charge is -2.26. The number of aromatic nitrogens is 2. The fraction of sp³-hybridized carbons (Fsp3) is 0.333. The number of benzene rings is 1. The van der Waals surface area contributed by atoms with Gasteiger partial charge in [-0.05, 0) is 45.0 Å². The van der Waals surface area contributed by atoms with Crippen molar-refractivity contribution in [1.82, 2.24) is 15.3 Å². The summed E-state index contributed by atoms with van der Waals surface area (Å²) in [4.78, 5) is 19.4. The minimum Gasteiger partial charge on any atom is -0.478 e. The third-order valence-electron chi connectivity index (χ3n) is 3.01. The molecule has 2 N–H and O–H groups in total. The van der Waals surface area contributed by atoms with Crippen LogP contribution in [0.4, 0.5) is 0 Å². The van der Waals surface area contributed by atoms with E-state index in [1.165, 1.54) is 0 Å². The first kappa shape index (κ1) is 15.4. The predicted octanol–water partition coefficient (Wildman–Crippen LogP) is 3.10. The number of imidazole rings is 1. The van der Waals surface area contributed by atoms with Crippen LogP contribution in [0.5, 0.6) is 5.75 Å². The average molecular weight is 308 g/mol. The zero-order valence-electron chi connectivity index (χ0n) is 12.2. The molecule has 0 spiro atoms. The fourth-order valence-electron chi connectivity index (χ4n) is 1.80. The van der Waals surface area contributed by atoms with E-state index in [9.17, 15) is 4.79 Å². The molecule has 0 aliphatic rings. The highest BCUT2D eigenvalue weighted by Crippen LogP contribution is 2.21. The lowest BCUT2D eigenvalue weighted by atomic mass is 10.1. The number of nitrogens with zero attached hydrogens (tertiary/aromatic N) is 1. The third-order valence-corrected chi connectivity index (χ3v) is 3.26. The molecule has 1 amide bonds. The molecule has 2 rings (SSSR count). The number of hydrogen-bond acceptors (Lipinski definition) is 3. The molecule has 1 heterocycles. The minimum atomic E-state index is -1.01. The Hall–Kier alpha value is -2.01. The smallest absolute Gasteiger partial charge is 0.264 e. The van der Waals surface area contributed by atoms with Crippen LogP contribution in [0.1, 0.15) is 32.6 Å². The first-order valence-corrected chi connectivity index (χ1v) is 7.01. The van der Waals surface area contributed by atoms with Crippen molar-refractivity contribution in [3.63, 3.8) is 0 Å². The zero-order chi connectivity index (χ0) is 15.5. The molecule has 0 aliphatic carbocycles. The summed E-state index contributed by atoms with van der Waals surface area (Å²) in [6, 6.07) is 6.67. The van der Waals surface area contributed by atoms with Crippen molar-refractivity contribution in [2.45, 2.75) is 32.4 Å². The van der Waals surface area contributed by atoms with E-state index in [4.69, 9.17) is 16.3 Å². The number of H-pyrrole nitrogens is 1. The SMILES string of the molecule is CC(NC(=O)C(C)(C)Oc1ccc(Cl)cc1)c1ncc[nH]1. The number of hydrogen-bond donors (Lipinski definition) is 2. The lowest BCUT2D eigenvalue weighted by molar-refractivity contribution is -0.134. The first-order valence-electron chi connectivity index (χ1n) is 6.63. The molecular formula is C15H18ClN3O2. The van der Waals surface area contributed by atoms with E-state index in [1.54, 1.807) is 50.5 Å². The fourth-order valence-corrected chi connectivity index (χ4v) is 1.92. The molecule has 0 fully saturated rings. The van der Waals surface area contributed by atoms with E-state index in [1.807, 2.05) is 6.92 Å². The second kappa shape index (κ2) is 6.18. The highest BCUT2D eigenvalue weighted by molar-refractivity contribution is 6.30. The molecule has 1 aromatic heterocycles. The van der Waals surface area contributed by atoms with Crippen LogP contribution < -0.4 is 10.1 Å². The first-order chi connectivity index (χ1) is 9.88. The highest BCUT2D eigenvalue weighted by Gasteiger charge is 2.31. The Morgan fingerprint density at radius 3 is 2.62 bits per heavy atom. The van der Waals surface area contributed by atoms with Gasteiger partial charge in [-0.25, -0.2) is 4.98 Å². The Morgan fingerprint density at radius 1 is 1.38 bits per heavy atom. The summed E-state index contributed by atoms with van der Waals surface area (Å²) in [5.41, 5.74) is -1.01. The van der Waals surface area contributed by atoms with Crippen molar-refractivity contribution in [3.8, 4) is 5.75 Å². The summed E-state index contributed by atoms with van der Waals surface area (Å²) >= 11 is 5.83. The molecular weight excluding hydrogens is 290 g/mol. The summed E-state index contributed by atoms with van der Waals surface area (Å²) in [6.45, 7) is 5.28. The molecule has 112 valence electrons. The lowest BCUT2D eigenvalue weighted by Crippen LogP contribution is -2.47. The Kier molecular flexibility index (Phi) is 4.53. The highest BCUT2D eigenvalue weighted by atomic mass is 35.5. The average Bonchev–Trinajstić information content (AvgIpc) is 2.95. The topological polar surface area (TPSA) is 67.0 Å². The Bertz CT molecular complexity index is 594. The Labute approximate surface area is 128 Å². The predicted molar refractivity (Wildman–Crippen MR) is 81.3 cm³/mol. The standard InChI is InChI=1S/C15H18ClN3O2/c1-10(13-17-8-9-18-13)19-14(20)15(2,3)21-12-6-4-11(16)5-7-12/h4-10H,1-3H3,(H,17,18)(H,19,20). The van der Waals surface area contributed by atoms with Crippen molar-refractivity contribution >= 4 is 17.5 Å². The molecule has 0 saturated carbocycles. The van der Waals surface area contributed by atoms with Crippen LogP contribution >= 0.6 is 11.6 Å². The zero-order valence-corrected chi connectivity index (χ0v) is 12.9. The molecule has 2 aromatic rings. The Balaban J connectivity index is 2.01. The summed E-state index contributed by atoms with van der Waals surface area (Å²) in [5.74, 6) is 1.07. The van der Waals surface area contributed by atoms with Crippen molar-refractivity contribution in [3.05, 3.63) is 47.5 Å². The van der Waals surface area contributed by atoms with Crippen molar-refractivity contribution < 1.29 is 9.53 Å². The van der Waals surface area contributed by atoms with Crippen molar-refractivity contribution in [1.29, 1.82) is 0 Å². The van der Waals surface area contributed by atoms with Crippen LogP contribution in [0, 0.1) is 0 Å². The van der Waals surface area contributed by atoms with Gasteiger partial charge in [0.1, 0.15) is 11.6 Å². The van der Waals surface area contributed by atoms with E-state index >= 15 is 0 Å². The van der Waals surface area contributed by atoms with Gasteiger partial charge in [0, 0.05) is 17.4 Å². The van der Waals surface area contributed by atoms with Crippen LogP contribution in [0.3, 0.4) is 0 Å². The molecule has 1 atom stereocenters. The maximum absolute atomic E-state index is 12.3. The van der Waals surface area contributed by atoms with E-state index in [0.29, 0.717) is 16.6 Å². The second-order valence-corrected chi connectivity index (χ2v) is 5.67. The van der Waals surface area contributed by atoms with Gasteiger partial charge in [-0.15, -0.1) is 0 Å². The molecule has 0 aliphatic heterocycles. The van der Waals surface area contributed by atoms with Gasteiger partial charge in [-0.3, -0.25) is 4.79 Å². The number of rotatable bonds is 5. The maximum atomic E-state index is 12.3. The van der Waals surface area contributed by atoms with Crippen molar-refractivity contribution in [2.75, 3.05) is 0 Å². The van der Waals surface area contributed by atoms with Gasteiger partial charge in [-0.1, -0.05) is 11.6 Å². The van der Waals surface area contributed by atoms with E-state index in [2.05, 4.69) is 15.3 Å². The van der Waals surface area contributed by atoms with E-state index < -0.39 is 5.60 Å². The van der Waals surface area contributed by atoms with Gasteiger partial charge in [-0.2, -0.15) is 0 Å². The number of aromatic amines is 1. The van der Waals surface area contributed by atoms with Crippen LogP contribution in [0.15, 0.2) is 36.7 Å². The van der Waals surface area contributed by atoms with E-state index in [0.717, 1.165) is 0 Å². The molecule has 1 unspecified atom stereocenters. The number of amides is 1. The number of carbonyl (C=O) groups excluding carboxylic acids is 1. The molecule has 6 heteroatoms. The summed E-state index contributed by atoms with van der Waals surface area (Å²) in [5, 5.41) is 3.49. The van der Waals surface area contributed by atoms with E-state index in [-0.39, 0.29) is 11.9 Å². The second-order valence-electron chi connectivity index (χ2n) is 5.24. The number of carbonyl (C=O) groups is 1. The molecule has 1 aromatic carbocycles. The third kappa shape index (κ3) is 3.98. The van der Waals surface area contributed by atoms with Gasteiger partial charge in [0.2, 0.25) is 0 Å². The number of ether oxygens (including phenoxy) is 1. The molecule has 0 radical (unpaired) electrons. The monoisotopic (exact) mass is 307 g/mol. The molecule has 5 nitrogen and oxygen atoms in total. The summed E-state index contributed by atoms with van der Waals surface area (Å²) in [7, 11) is 0. The van der Waals surface area contributed by atoms with Gasteiger partial charge >= 0.3 is 0 Å². The van der Waals surface area contributed by atoms with Crippen molar-refractivity contribution in [2.24, 2.45) is 0 Å². The van der Waals surface area contributed by atoms with Gasteiger partial charge in [0.25, 0.3) is 5.91 Å². The van der Waals surface area contributed by atoms with Crippen LogP contribution in [0.25, 0.3) is 0 Å². The van der Waals surface area contributed by atoms with Gasteiger partial charge in [0.15, 0.2) is 5.60 Å². The molecule has 21 heavy (non-hydrogen) atoms. The largest absolute Gasteiger partial charge is 0.478 e.